The number of nitrogens with zero attached hydrogens (tertiary/aromatic N) is 3. The van der Waals surface area contributed by atoms with E-state index in [0.717, 1.165) is 28.6 Å². The lowest BCUT2D eigenvalue weighted by Gasteiger charge is -2.28. The van der Waals surface area contributed by atoms with Crippen molar-refractivity contribution in [3.05, 3.63) is 138 Å². The highest BCUT2D eigenvalue weighted by molar-refractivity contribution is 7.80. The van der Waals surface area contributed by atoms with E-state index in [1.807, 2.05) is 60.8 Å². The van der Waals surface area contributed by atoms with E-state index in [0.29, 0.717) is 5.11 Å². The van der Waals surface area contributed by atoms with Crippen LogP contribution < -0.4 is 15.0 Å². The SMILES string of the molecule is Cc1cccc(-n2c(C)cc([C@H]3[C@@H](c4ccccn4)NC(=S)N3c3ccc(Oc4ccccc4)cc3)c2C)c1. The molecule has 0 amide bonds. The molecule has 1 fully saturated rings. The van der Waals surface area contributed by atoms with Crippen molar-refractivity contribution >= 4 is 23.0 Å². The Morgan fingerprint density at radius 1 is 0.769 bits per heavy atom. The number of ether oxygens (including phenoxy) is 1. The largest absolute Gasteiger partial charge is 0.457 e. The van der Waals surface area contributed by atoms with Crippen LogP contribution in [0.15, 0.2) is 109 Å². The molecule has 6 rings (SSSR count). The van der Waals surface area contributed by atoms with Crippen LogP contribution in [0.5, 0.6) is 11.5 Å². The maximum atomic E-state index is 6.04. The number of rotatable bonds is 6. The third-order valence-corrected chi connectivity index (χ3v) is 7.56. The van der Waals surface area contributed by atoms with Gasteiger partial charge in [-0.1, -0.05) is 36.4 Å². The molecule has 194 valence electrons. The van der Waals surface area contributed by atoms with Gasteiger partial charge in [-0.3, -0.25) is 4.98 Å². The number of para-hydroxylation sites is 1. The number of pyridine rings is 1. The van der Waals surface area contributed by atoms with E-state index in [4.69, 9.17) is 21.9 Å². The van der Waals surface area contributed by atoms with Crippen LogP contribution in [0, 0.1) is 20.8 Å². The van der Waals surface area contributed by atoms with Crippen molar-refractivity contribution in [2.45, 2.75) is 32.9 Å². The zero-order valence-electron chi connectivity index (χ0n) is 22.2. The molecule has 0 bridgehead atoms. The second-order valence-electron chi connectivity index (χ2n) is 9.91. The minimum absolute atomic E-state index is 0.0851. The Bertz CT molecular complexity index is 1610. The second kappa shape index (κ2) is 10.4. The van der Waals surface area contributed by atoms with E-state index in [9.17, 15) is 0 Å². The molecule has 2 atom stereocenters. The number of nitrogens with one attached hydrogen (secondary N) is 1. The first kappa shape index (κ1) is 24.9. The first-order chi connectivity index (χ1) is 19.0. The van der Waals surface area contributed by atoms with E-state index in [2.05, 4.69) is 84.1 Å². The Labute approximate surface area is 234 Å². The smallest absolute Gasteiger partial charge is 0.174 e. The minimum atomic E-state index is -0.106. The molecule has 5 aromatic rings. The maximum absolute atomic E-state index is 6.04. The van der Waals surface area contributed by atoms with Crippen molar-refractivity contribution in [3.8, 4) is 17.2 Å². The standard InChI is InChI=1S/C33H30N4OS/c1-22-10-9-11-26(20-22)36-23(2)21-29(24(36)3)32-31(30-14-7-8-19-34-30)35-33(39)37(32)25-15-17-28(18-16-25)38-27-12-5-4-6-13-27/h4-21,31-32H,1-3H3,(H,35,39)/t31-,32+/m1/s1. The van der Waals surface area contributed by atoms with Gasteiger partial charge < -0.3 is 19.5 Å². The van der Waals surface area contributed by atoms with E-state index in [1.54, 1.807) is 0 Å². The monoisotopic (exact) mass is 530 g/mol. The van der Waals surface area contributed by atoms with Gasteiger partial charge in [0.25, 0.3) is 0 Å². The third-order valence-electron chi connectivity index (χ3n) is 7.24. The molecule has 0 spiro atoms. The summed E-state index contributed by atoms with van der Waals surface area (Å²) >= 11 is 5.96. The summed E-state index contributed by atoms with van der Waals surface area (Å²) in [4.78, 5) is 6.92. The highest BCUT2D eigenvalue weighted by Gasteiger charge is 2.42. The Hall–Kier alpha value is -4.42. The fourth-order valence-corrected chi connectivity index (χ4v) is 5.85. The number of hydrogen-bond donors (Lipinski definition) is 1. The Morgan fingerprint density at radius 3 is 2.23 bits per heavy atom. The second-order valence-corrected chi connectivity index (χ2v) is 10.3. The van der Waals surface area contributed by atoms with Crippen LogP contribution >= 0.6 is 12.2 Å². The van der Waals surface area contributed by atoms with Gasteiger partial charge in [-0.25, -0.2) is 0 Å². The predicted octanol–water partition coefficient (Wildman–Crippen LogP) is 7.77. The lowest BCUT2D eigenvalue weighted by molar-refractivity contribution is 0.482. The molecule has 0 saturated carbocycles. The van der Waals surface area contributed by atoms with E-state index < -0.39 is 0 Å². The number of aromatic nitrogens is 2. The van der Waals surface area contributed by atoms with E-state index >= 15 is 0 Å². The Kier molecular flexibility index (Phi) is 6.63. The first-order valence-electron chi connectivity index (χ1n) is 13.1. The first-order valence-corrected chi connectivity index (χ1v) is 13.5. The van der Waals surface area contributed by atoms with Crippen molar-refractivity contribution in [3.63, 3.8) is 0 Å². The van der Waals surface area contributed by atoms with Gasteiger partial charge in [0.05, 0.1) is 17.8 Å². The van der Waals surface area contributed by atoms with Gasteiger partial charge in [0.15, 0.2) is 5.11 Å². The summed E-state index contributed by atoms with van der Waals surface area (Å²) in [6.07, 6.45) is 1.84. The summed E-state index contributed by atoms with van der Waals surface area (Å²) in [5, 5.41) is 4.25. The number of thiocarbonyl (C=S) groups is 1. The molecule has 1 saturated heterocycles. The fourth-order valence-electron chi connectivity index (χ4n) is 5.50. The summed E-state index contributed by atoms with van der Waals surface area (Å²) in [5.41, 5.74) is 7.92. The van der Waals surface area contributed by atoms with E-state index in [1.165, 1.54) is 22.5 Å². The summed E-state index contributed by atoms with van der Waals surface area (Å²) in [6.45, 7) is 6.48. The van der Waals surface area contributed by atoms with Gasteiger partial charge in [0, 0.05) is 29.0 Å². The molecular weight excluding hydrogens is 500 g/mol. The topological polar surface area (TPSA) is 42.3 Å². The van der Waals surface area contributed by atoms with Gasteiger partial charge >= 0.3 is 0 Å². The van der Waals surface area contributed by atoms with Crippen LogP contribution in [0.3, 0.4) is 0 Å². The highest BCUT2D eigenvalue weighted by Crippen LogP contribution is 2.44. The molecule has 5 nitrogen and oxygen atoms in total. The Morgan fingerprint density at radius 2 is 1.51 bits per heavy atom. The molecule has 0 aliphatic carbocycles. The molecule has 3 aromatic carbocycles. The quantitative estimate of drug-likeness (QED) is 0.227. The number of benzene rings is 3. The molecule has 0 radical (unpaired) electrons. The van der Waals surface area contributed by atoms with E-state index in [-0.39, 0.29) is 12.1 Å². The minimum Gasteiger partial charge on any atom is -0.457 e. The van der Waals surface area contributed by atoms with Gasteiger partial charge in [-0.15, -0.1) is 0 Å². The summed E-state index contributed by atoms with van der Waals surface area (Å²) < 4.78 is 8.37. The summed E-state index contributed by atoms with van der Waals surface area (Å²) in [5.74, 6) is 1.58. The molecule has 1 aliphatic rings. The van der Waals surface area contributed by atoms with Crippen LogP contribution in [0.4, 0.5) is 5.69 Å². The average molecular weight is 531 g/mol. The van der Waals surface area contributed by atoms with Crippen molar-refractivity contribution in [2.24, 2.45) is 0 Å². The molecule has 0 unspecified atom stereocenters. The van der Waals surface area contributed by atoms with Crippen molar-refractivity contribution in [1.82, 2.24) is 14.9 Å². The summed E-state index contributed by atoms with van der Waals surface area (Å²) in [6, 6.07) is 34.7. The average Bonchev–Trinajstić information content (AvgIpc) is 3.45. The van der Waals surface area contributed by atoms with Gasteiger partial charge in [-0.2, -0.15) is 0 Å². The van der Waals surface area contributed by atoms with Crippen LogP contribution in [-0.4, -0.2) is 14.7 Å². The predicted molar refractivity (Wildman–Crippen MR) is 161 cm³/mol. The number of anilines is 1. The maximum Gasteiger partial charge on any atom is 0.174 e. The number of aryl methyl sites for hydroxylation is 2. The van der Waals surface area contributed by atoms with Crippen LogP contribution in [0.1, 0.15) is 40.3 Å². The molecule has 3 heterocycles. The lowest BCUT2D eigenvalue weighted by Crippen LogP contribution is -2.29. The van der Waals surface area contributed by atoms with Crippen molar-refractivity contribution < 1.29 is 4.74 Å². The fraction of sp³-hybridized carbons (Fsp3) is 0.152. The van der Waals surface area contributed by atoms with Gasteiger partial charge in [0.2, 0.25) is 0 Å². The molecule has 1 aliphatic heterocycles. The third kappa shape index (κ3) is 4.79. The zero-order chi connectivity index (χ0) is 26.9. The van der Waals surface area contributed by atoms with Crippen molar-refractivity contribution in [2.75, 3.05) is 4.90 Å². The molecule has 6 heteroatoms. The Balaban J connectivity index is 1.42. The lowest BCUT2D eigenvalue weighted by atomic mass is 9.96. The normalized spacial score (nSPS) is 16.8. The van der Waals surface area contributed by atoms with Gasteiger partial charge in [-0.05, 0) is 111 Å². The van der Waals surface area contributed by atoms with Crippen LogP contribution in [0.25, 0.3) is 5.69 Å². The highest BCUT2D eigenvalue weighted by atomic mass is 32.1. The molecule has 39 heavy (non-hydrogen) atoms. The van der Waals surface area contributed by atoms with Gasteiger partial charge in [0.1, 0.15) is 11.5 Å². The zero-order valence-corrected chi connectivity index (χ0v) is 23.0. The van der Waals surface area contributed by atoms with Crippen LogP contribution in [0.2, 0.25) is 0 Å². The molecule has 2 aromatic heterocycles. The van der Waals surface area contributed by atoms with Crippen LogP contribution in [-0.2, 0) is 0 Å². The molecule has 1 N–H and O–H groups in total. The number of hydrogen-bond acceptors (Lipinski definition) is 3. The van der Waals surface area contributed by atoms with Crippen molar-refractivity contribution in [1.29, 1.82) is 0 Å². The summed E-state index contributed by atoms with van der Waals surface area (Å²) in [7, 11) is 0. The molecular formula is C33H30N4OS.